The van der Waals surface area contributed by atoms with Crippen molar-refractivity contribution in [2.45, 2.75) is 11.8 Å². The number of anilines is 2. The van der Waals surface area contributed by atoms with Crippen LogP contribution in [0.2, 0.25) is 5.02 Å². The Bertz CT molecular complexity index is 790. The number of nitrogens with one attached hydrogen (secondary N) is 1. The minimum Gasteiger partial charge on any atom is -0.396 e. The first-order valence-corrected chi connectivity index (χ1v) is 7.61. The molecule has 2 aromatic carbocycles. The second-order valence-electron chi connectivity index (χ2n) is 4.34. The van der Waals surface area contributed by atoms with Gasteiger partial charge in [0, 0.05) is 0 Å². The molecule has 2 aromatic rings. The smallest absolute Gasteiger partial charge is 0.263 e. The highest BCUT2D eigenvalue weighted by molar-refractivity contribution is 7.92. The first-order valence-electron chi connectivity index (χ1n) is 5.75. The average molecular weight is 333 g/mol. The largest absolute Gasteiger partial charge is 0.396 e. The molecule has 0 aliphatic heterocycles. The summed E-state index contributed by atoms with van der Waals surface area (Å²) in [5, 5.41) is -0.344. The van der Waals surface area contributed by atoms with E-state index in [9.17, 15) is 17.2 Å². The van der Waals surface area contributed by atoms with Crippen LogP contribution in [0, 0.1) is 18.6 Å². The molecule has 4 nitrogen and oxygen atoms in total. The number of hydrogen-bond donors (Lipinski definition) is 2. The van der Waals surface area contributed by atoms with Gasteiger partial charge in [-0.2, -0.15) is 0 Å². The molecule has 0 aliphatic rings. The number of sulfonamides is 1. The topological polar surface area (TPSA) is 72.2 Å². The molecular formula is C13H11ClF2N2O2S. The maximum absolute atomic E-state index is 13.7. The Morgan fingerprint density at radius 3 is 2.48 bits per heavy atom. The van der Waals surface area contributed by atoms with Gasteiger partial charge < -0.3 is 5.73 Å². The van der Waals surface area contributed by atoms with Crippen LogP contribution in [0.3, 0.4) is 0 Å². The lowest BCUT2D eigenvalue weighted by atomic mass is 10.2. The first kappa shape index (κ1) is 15.5. The minimum atomic E-state index is -4.20. The quantitative estimate of drug-likeness (QED) is 0.847. The van der Waals surface area contributed by atoms with Crippen molar-refractivity contribution in [1.82, 2.24) is 0 Å². The third kappa shape index (κ3) is 3.08. The molecule has 0 saturated carbocycles. The summed E-state index contributed by atoms with van der Waals surface area (Å²) in [6, 6.07) is 5.79. The summed E-state index contributed by atoms with van der Waals surface area (Å²) in [5.74, 6) is -1.56. The molecule has 0 heterocycles. The third-order valence-electron chi connectivity index (χ3n) is 2.80. The van der Waals surface area contributed by atoms with Gasteiger partial charge in [0.2, 0.25) is 0 Å². The third-order valence-corrected chi connectivity index (χ3v) is 4.61. The maximum atomic E-state index is 13.7. The monoisotopic (exact) mass is 332 g/mol. The van der Waals surface area contributed by atoms with E-state index >= 15 is 0 Å². The van der Waals surface area contributed by atoms with Gasteiger partial charge in [-0.3, -0.25) is 4.72 Å². The van der Waals surface area contributed by atoms with Gasteiger partial charge in [-0.25, -0.2) is 17.2 Å². The molecule has 0 unspecified atom stereocenters. The standard InChI is InChI=1S/C13H11ClF2N2O2S/c1-7-3-2-4-9(15)13(7)18-21(19,20)12-6-11(17)10(16)5-8(12)14/h2-6,18H,17H2,1H3. The van der Waals surface area contributed by atoms with Gasteiger partial charge in [-0.1, -0.05) is 23.7 Å². The molecule has 0 saturated heterocycles. The second-order valence-corrected chi connectivity index (χ2v) is 6.40. The van der Waals surface area contributed by atoms with Gasteiger partial charge >= 0.3 is 0 Å². The Morgan fingerprint density at radius 2 is 1.86 bits per heavy atom. The van der Waals surface area contributed by atoms with Crippen LogP contribution in [0.15, 0.2) is 35.2 Å². The molecule has 3 N–H and O–H groups in total. The summed E-state index contributed by atoms with van der Waals surface area (Å²) in [6.45, 7) is 1.54. The summed E-state index contributed by atoms with van der Waals surface area (Å²) in [5.41, 5.74) is 5.16. The molecule has 0 aliphatic carbocycles. The highest BCUT2D eigenvalue weighted by Crippen LogP contribution is 2.29. The summed E-state index contributed by atoms with van der Waals surface area (Å²) in [7, 11) is -4.20. The highest BCUT2D eigenvalue weighted by Gasteiger charge is 2.22. The first-order chi connectivity index (χ1) is 9.72. The van der Waals surface area contributed by atoms with Crippen LogP contribution in [0.4, 0.5) is 20.2 Å². The van der Waals surface area contributed by atoms with Gasteiger partial charge in [-0.05, 0) is 30.7 Å². The van der Waals surface area contributed by atoms with E-state index in [1.807, 2.05) is 0 Å². The predicted octanol–water partition coefficient (Wildman–Crippen LogP) is 3.31. The summed E-state index contributed by atoms with van der Waals surface area (Å²) in [4.78, 5) is -0.425. The summed E-state index contributed by atoms with van der Waals surface area (Å²) >= 11 is 5.72. The van der Waals surface area contributed by atoms with Crippen LogP contribution >= 0.6 is 11.6 Å². The normalized spacial score (nSPS) is 11.4. The lowest BCUT2D eigenvalue weighted by Gasteiger charge is -2.13. The zero-order valence-corrected chi connectivity index (χ0v) is 12.4. The second kappa shape index (κ2) is 5.50. The molecule has 0 aromatic heterocycles. The van der Waals surface area contributed by atoms with Crippen molar-refractivity contribution < 1.29 is 17.2 Å². The van der Waals surface area contributed by atoms with E-state index in [1.165, 1.54) is 6.07 Å². The lowest BCUT2D eigenvalue weighted by molar-refractivity contribution is 0.597. The number of nitrogen functional groups attached to an aromatic ring is 1. The van der Waals surface area contributed by atoms with Gasteiger partial charge in [-0.15, -0.1) is 0 Å². The van der Waals surface area contributed by atoms with E-state index in [1.54, 1.807) is 13.0 Å². The number of halogens is 3. The fourth-order valence-corrected chi connectivity index (χ4v) is 3.39. The number of para-hydroxylation sites is 1. The molecule has 0 amide bonds. The van der Waals surface area contributed by atoms with Crippen LogP contribution in [-0.2, 0) is 10.0 Å². The van der Waals surface area contributed by atoms with Gasteiger partial charge in [0.25, 0.3) is 10.0 Å². The number of rotatable bonds is 3. The molecule has 0 bridgehead atoms. The maximum Gasteiger partial charge on any atom is 0.263 e. The van der Waals surface area contributed by atoms with E-state index in [2.05, 4.69) is 4.72 Å². The molecule has 8 heteroatoms. The molecule has 2 rings (SSSR count). The molecule has 21 heavy (non-hydrogen) atoms. The van der Waals surface area contributed by atoms with Crippen molar-refractivity contribution in [3.05, 3.63) is 52.6 Å². The summed E-state index contributed by atoms with van der Waals surface area (Å²) < 4.78 is 53.5. The van der Waals surface area contributed by atoms with Crippen molar-refractivity contribution in [1.29, 1.82) is 0 Å². The van der Waals surface area contributed by atoms with Crippen LogP contribution in [0.25, 0.3) is 0 Å². The van der Waals surface area contributed by atoms with E-state index < -0.39 is 26.6 Å². The Balaban J connectivity index is 2.51. The predicted molar refractivity (Wildman–Crippen MR) is 77.8 cm³/mol. The van der Waals surface area contributed by atoms with Crippen molar-refractivity contribution in [2.24, 2.45) is 0 Å². The number of nitrogens with two attached hydrogens (primary N) is 1. The molecule has 112 valence electrons. The number of hydrogen-bond acceptors (Lipinski definition) is 3. The van der Waals surface area contributed by atoms with E-state index in [0.717, 1.165) is 18.2 Å². The zero-order valence-electron chi connectivity index (χ0n) is 10.8. The van der Waals surface area contributed by atoms with Crippen molar-refractivity contribution in [3.8, 4) is 0 Å². The van der Waals surface area contributed by atoms with Crippen molar-refractivity contribution in [2.75, 3.05) is 10.5 Å². The Kier molecular flexibility index (Phi) is 4.06. The van der Waals surface area contributed by atoms with Crippen LogP contribution in [-0.4, -0.2) is 8.42 Å². The van der Waals surface area contributed by atoms with Crippen LogP contribution in [0.1, 0.15) is 5.56 Å². The Morgan fingerprint density at radius 1 is 1.19 bits per heavy atom. The molecular weight excluding hydrogens is 322 g/mol. The number of benzene rings is 2. The fourth-order valence-electron chi connectivity index (χ4n) is 1.70. The average Bonchev–Trinajstić information content (AvgIpc) is 2.38. The fraction of sp³-hybridized carbons (Fsp3) is 0.0769. The van der Waals surface area contributed by atoms with Crippen molar-refractivity contribution in [3.63, 3.8) is 0 Å². The van der Waals surface area contributed by atoms with Gasteiger partial charge in [0.15, 0.2) is 0 Å². The van der Waals surface area contributed by atoms with E-state index in [4.69, 9.17) is 17.3 Å². The lowest BCUT2D eigenvalue weighted by Crippen LogP contribution is -2.16. The molecule has 0 radical (unpaired) electrons. The summed E-state index contributed by atoms with van der Waals surface area (Å²) in [6.07, 6.45) is 0. The highest BCUT2D eigenvalue weighted by atomic mass is 35.5. The van der Waals surface area contributed by atoms with E-state index in [0.29, 0.717) is 5.56 Å². The molecule has 0 spiro atoms. The zero-order chi connectivity index (χ0) is 15.8. The molecule has 0 fully saturated rings. The Hall–Kier alpha value is -1.86. The van der Waals surface area contributed by atoms with Gasteiger partial charge in [0.05, 0.1) is 16.4 Å². The minimum absolute atomic E-state index is 0.198. The van der Waals surface area contributed by atoms with E-state index in [-0.39, 0.29) is 16.4 Å². The van der Waals surface area contributed by atoms with Crippen molar-refractivity contribution >= 4 is 33.0 Å². The van der Waals surface area contributed by atoms with Crippen LogP contribution < -0.4 is 10.5 Å². The Labute approximate surface area is 125 Å². The SMILES string of the molecule is Cc1cccc(F)c1NS(=O)(=O)c1cc(N)c(F)cc1Cl. The number of aryl methyl sites for hydroxylation is 1. The van der Waals surface area contributed by atoms with Gasteiger partial charge in [0.1, 0.15) is 16.5 Å². The molecule has 0 atom stereocenters. The van der Waals surface area contributed by atoms with Crippen LogP contribution in [0.5, 0.6) is 0 Å².